The first-order valence-electron chi connectivity index (χ1n) is 5.79. The SMILES string of the molecule is CC(C)(C(=O)O)S(=O)(=O)CC1Cc2ccccc21. The first-order chi connectivity index (χ1) is 8.25. The van der Waals surface area contributed by atoms with Gasteiger partial charge in [-0.2, -0.15) is 0 Å². The van der Waals surface area contributed by atoms with E-state index in [1.165, 1.54) is 13.8 Å². The van der Waals surface area contributed by atoms with Crippen LogP contribution in [0.3, 0.4) is 0 Å². The van der Waals surface area contributed by atoms with Gasteiger partial charge < -0.3 is 5.11 Å². The van der Waals surface area contributed by atoms with Crippen molar-refractivity contribution in [3.05, 3.63) is 35.4 Å². The summed E-state index contributed by atoms with van der Waals surface area (Å²) < 4.78 is 22.5. The summed E-state index contributed by atoms with van der Waals surface area (Å²) in [5, 5.41) is 9.00. The maximum Gasteiger partial charge on any atom is 0.324 e. The molecule has 0 heterocycles. The van der Waals surface area contributed by atoms with E-state index in [0.29, 0.717) is 6.42 Å². The fourth-order valence-corrected chi connectivity index (χ4v) is 3.63. The zero-order chi connectivity index (χ0) is 13.6. The van der Waals surface area contributed by atoms with Crippen LogP contribution in [0.1, 0.15) is 30.9 Å². The van der Waals surface area contributed by atoms with Crippen molar-refractivity contribution in [1.82, 2.24) is 0 Å². The summed E-state index contributed by atoms with van der Waals surface area (Å²) in [6.07, 6.45) is 0.713. The monoisotopic (exact) mass is 268 g/mol. The lowest BCUT2D eigenvalue weighted by molar-refractivity contribution is -0.139. The Kier molecular flexibility index (Phi) is 2.97. The van der Waals surface area contributed by atoms with Crippen LogP contribution < -0.4 is 0 Å². The first-order valence-corrected chi connectivity index (χ1v) is 7.44. The molecule has 0 aromatic heterocycles. The lowest BCUT2D eigenvalue weighted by Crippen LogP contribution is -2.44. The maximum atomic E-state index is 12.1. The highest BCUT2D eigenvalue weighted by molar-refractivity contribution is 7.93. The Hall–Kier alpha value is -1.36. The highest BCUT2D eigenvalue weighted by Crippen LogP contribution is 2.37. The number of carboxylic acid groups (broad SMARTS) is 1. The highest BCUT2D eigenvalue weighted by Gasteiger charge is 2.44. The van der Waals surface area contributed by atoms with E-state index in [-0.39, 0.29) is 11.7 Å². The normalized spacial score (nSPS) is 18.9. The lowest BCUT2D eigenvalue weighted by Gasteiger charge is -2.32. The average Bonchev–Trinajstić information content (AvgIpc) is 2.25. The van der Waals surface area contributed by atoms with Gasteiger partial charge in [-0.15, -0.1) is 0 Å². The van der Waals surface area contributed by atoms with E-state index in [2.05, 4.69) is 0 Å². The van der Waals surface area contributed by atoms with Crippen LogP contribution >= 0.6 is 0 Å². The maximum absolute atomic E-state index is 12.1. The molecule has 4 nitrogen and oxygen atoms in total. The van der Waals surface area contributed by atoms with Crippen LogP contribution in [0, 0.1) is 0 Å². The van der Waals surface area contributed by atoms with Gasteiger partial charge in [0.05, 0.1) is 5.75 Å². The number of aliphatic carboxylic acids is 1. The summed E-state index contributed by atoms with van der Waals surface area (Å²) in [7, 11) is -3.66. The topological polar surface area (TPSA) is 71.4 Å². The first kappa shape index (κ1) is 13.1. The quantitative estimate of drug-likeness (QED) is 0.900. The number of hydrogen-bond acceptors (Lipinski definition) is 3. The summed E-state index contributed by atoms with van der Waals surface area (Å²) in [5.41, 5.74) is 2.19. The zero-order valence-corrected chi connectivity index (χ0v) is 11.2. The molecule has 1 atom stereocenters. The number of carboxylic acids is 1. The molecule has 2 rings (SSSR count). The van der Waals surface area contributed by atoms with Crippen molar-refractivity contribution in [3.63, 3.8) is 0 Å². The molecule has 0 spiro atoms. The fraction of sp³-hybridized carbons (Fsp3) is 0.462. The van der Waals surface area contributed by atoms with Gasteiger partial charge in [0.2, 0.25) is 0 Å². The van der Waals surface area contributed by atoms with Crippen LogP contribution in [-0.2, 0) is 21.1 Å². The van der Waals surface area contributed by atoms with Gasteiger partial charge in [0.1, 0.15) is 0 Å². The molecule has 1 aliphatic carbocycles. The molecule has 0 amide bonds. The minimum absolute atomic E-state index is 0.0650. The Morgan fingerprint density at radius 1 is 1.39 bits per heavy atom. The molecule has 1 aromatic carbocycles. The zero-order valence-electron chi connectivity index (χ0n) is 10.4. The van der Waals surface area contributed by atoms with Gasteiger partial charge in [0.25, 0.3) is 0 Å². The average molecular weight is 268 g/mol. The van der Waals surface area contributed by atoms with Crippen LogP contribution in [0.15, 0.2) is 24.3 Å². The second kappa shape index (κ2) is 4.09. The largest absolute Gasteiger partial charge is 0.480 e. The third-order valence-corrected chi connectivity index (χ3v) is 6.25. The lowest BCUT2D eigenvalue weighted by atomic mass is 9.79. The van der Waals surface area contributed by atoms with Gasteiger partial charge in [0.15, 0.2) is 14.6 Å². The molecule has 0 saturated heterocycles. The number of hydrogen-bond donors (Lipinski definition) is 1. The summed E-state index contributed by atoms with van der Waals surface area (Å²) in [5.74, 6) is -1.46. The van der Waals surface area contributed by atoms with Crippen LogP contribution in [-0.4, -0.2) is 30.0 Å². The Morgan fingerprint density at radius 3 is 2.56 bits per heavy atom. The van der Waals surface area contributed by atoms with Crippen molar-refractivity contribution in [3.8, 4) is 0 Å². The van der Waals surface area contributed by atoms with E-state index in [1.54, 1.807) is 0 Å². The molecule has 1 aromatic rings. The molecule has 0 saturated carbocycles. The second-order valence-corrected chi connectivity index (χ2v) is 7.78. The van der Waals surface area contributed by atoms with Gasteiger partial charge in [-0.05, 0) is 31.4 Å². The van der Waals surface area contributed by atoms with Crippen molar-refractivity contribution in [1.29, 1.82) is 0 Å². The van der Waals surface area contributed by atoms with E-state index in [9.17, 15) is 13.2 Å². The number of fused-ring (bicyclic) bond motifs is 1. The van der Waals surface area contributed by atoms with E-state index in [0.717, 1.165) is 11.1 Å². The number of sulfone groups is 1. The smallest absolute Gasteiger partial charge is 0.324 e. The number of rotatable bonds is 4. The van der Waals surface area contributed by atoms with E-state index < -0.39 is 20.6 Å². The highest BCUT2D eigenvalue weighted by atomic mass is 32.2. The number of carbonyl (C=O) groups is 1. The second-order valence-electron chi connectivity index (χ2n) is 5.20. The van der Waals surface area contributed by atoms with Gasteiger partial charge in [-0.3, -0.25) is 4.79 Å². The van der Waals surface area contributed by atoms with Crippen molar-refractivity contribution in [2.24, 2.45) is 0 Å². The summed E-state index contributed by atoms with van der Waals surface area (Å²) in [4.78, 5) is 11.0. The van der Waals surface area contributed by atoms with Gasteiger partial charge in [-0.25, -0.2) is 8.42 Å². The molecule has 0 bridgehead atoms. The van der Waals surface area contributed by atoms with E-state index in [4.69, 9.17) is 5.11 Å². The van der Waals surface area contributed by atoms with Crippen molar-refractivity contribution >= 4 is 15.8 Å². The van der Waals surface area contributed by atoms with Gasteiger partial charge in [-0.1, -0.05) is 24.3 Å². The van der Waals surface area contributed by atoms with Crippen LogP contribution in [0.5, 0.6) is 0 Å². The molecule has 0 radical (unpaired) electrons. The molecule has 18 heavy (non-hydrogen) atoms. The summed E-state index contributed by atoms with van der Waals surface area (Å²) >= 11 is 0. The minimum atomic E-state index is -3.66. The van der Waals surface area contributed by atoms with Crippen LogP contribution in [0.4, 0.5) is 0 Å². The molecule has 1 N–H and O–H groups in total. The molecular weight excluding hydrogens is 252 g/mol. The standard InChI is InChI=1S/C13H16O4S/c1-13(2,12(14)15)18(16,17)8-10-7-9-5-3-4-6-11(9)10/h3-6,10H,7-8H2,1-2H3,(H,14,15). The molecule has 1 unspecified atom stereocenters. The number of benzene rings is 1. The van der Waals surface area contributed by atoms with Crippen molar-refractivity contribution < 1.29 is 18.3 Å². The Bertz CT molecular complexity index is 587. The van der Waals surface area contributed by atoms with E-state index >= 15 is 0 Å². The van der Waals surface area contributed by atoms with Gasteiger partial charge >= 0.3 is 5.97 Å². The van der Waals surface area contributed by atoms with Crippen molar-refractivity contribution in [2.45, 2.75) is 30.9 Å². The summed E-state index contributed by atoms with van der Waals surface area (Å²) in [6, 6.07) is 7.68. The van der Waals surface area contributed by atoms with Gasteiger partial charge in [0, 0.05) is 5.92 Å². The Morgan fingerprint density at radius 2 is 2.00 bits per heavy atom. The third-order valence-electron chi connectivity index (χ3n) is 3.67. The molecule has 98 valence electrons. The molecule has 0 aliphatic heterocycles. The van der Waals surface area contributed by atoms with E-state index in [1.807, 2.05) is 24.3 Å². The molecule has 0 fully saturated rings. The molecular formula is C13H16O4S. The predicted octanol–water partition coefficient (Wildman–Crippen LogP) is 1.60. The Balaban J connectivity index is 2.20. The summed E-state index contributed by atoms with van der Waals surface area (Å²) in [6.45, 7) is 2.49. The van der Waals surface area contributed by atoms with Crippen molar-refractivity contribution in [2.75, 3.05) is 5.75 Å². The molecule has 5 heteroatoms. The van der Waals surface area contributed by atoms with Crippen LogP contribution in [0.2, 0.25) is 0 Å². The Labute approximate surface area is 107 Å². The predicted molar refractivity (Wildman–Crippen MR) is 68.4 cm³/mol. The van der Waals surface area contributed by atoms with Crippen LogP contribution in [0.25, 0.3) is 0 Å². The fourth-order valence-electron chi connectivity index (χ4n) is 2.12. The third kappa shape index (κ3) is 1.92. The minimum Gasteiger partial charge on any atom is -0.480 e. The molecule has 1 aliphatic rings.